The largest absolute Gasteiger partial charge is 0.382 e. The molecule has 0 fully saturated rings. The van der Waals surface area contributed by atoms with Gasteiger partial charge in [0.25, 0.3) is 0 Å². The molecule has 4 rings (SSSR count). The summed E-state index contributed by atoms with van der Waals surface area (Å²) < 4.78 is 56.8. The van der Waals surface area contributed by atoms with E-state index in [1.807, 2.05) is 12.1 Å². The van der Waals surface area contributed by atoms with Crippen LogP contribution in [-0.4, -0.2) is 40.2 Å². The molecule has 1 aliphatic rings. The van der Waals surface area contributed by atoms with Crippen molar-refractivity contribution in [1.29, 1.82) is 0 Å². The van der Waals surface area contributed by atoms with Crippen LogP contribution in [0.3, 0.4) is 0 Å². The number of hydrogen-bond acceptors (Lipinski definition) is 6. The Bertz CT molecular complexity index is 1280. The third-order valence-electron chi connectivity index (χ3n) is 5.60. The van der Waals surface area contributed by atoms with Crippen LogP contribution in [0.4, 0.5) is 14.6 Å². The minimum absolute atomic E-state index is 0.00639. The molecule has 0 aliphatic heterocycles. The molecule has 0 saturated carbocycles. The first kappa shape index (κ1) is 23.2. The first-order chi connectivity index (χ1) is 15.2. The number of imidazole rings is 1. The molecule has 172 valence electrons. The van der Waals surface area contributed by atoms with E-state index >= 15 is 0 Å². The number of anilines is 1. The molecule has 0 radical (unpaired) electrons. The van der Waals surface area contributed by atoms with Gasteiger partial charge in [-0.2, -0.15) is 14.4 Å². The number of nitrogens with one attached hydrogen (secondary N) is 1. The van der Waals surface area contributed by atoms with Crippen molar-refractivity contribution in [2.45, 2.75) is 45.3 Å². The number of aromatic nitrogens is 4. The van der Waals surface area contributed by atoms with Crippen LogP contribution < -0.4 is 10.5 Å². The van der Waals surface area contributed by atoms with Gasteiger partial charge in [-0.1, -0.05) is 6.07 Å². The Morgan fingerprint density at radius 1 is 1.31 bits per heavy atom. The molecular weight excluding hydrogens is 553 g/mol. The van der Waals surface area contributed by atoms with E-state index in [0.29, 0.717) is 37.2 Å². The molecule has 0 spiro atoms. The molecule has 1 unspecified atom stereocenters. The maximum absolute atomic E-state index is 14.3. The highest BCUT2D eigenvalue weighted by atomic mass is 127. The van der Waals surface area contributed by atoms with Gasteiger partial charge in [-0.05, 0) is 71.5 Å². The van der Waals surface area contributed by atoms with E-state index in [9.17, 15) is 17.2 Å². The molecule has 0 bridgehead atoms. The van der Waals surface area contributed by atoms with Gasteiger partial charge < -0.3 is 10.3 Å². The van der Waals surface area contributed by atoms with E-state index in [-0.39, 0.29) is 29.3 Å². The van der Waals surface area contributed by atoms with Crippen molar-refractivity contribution >= 4 is 49.6 Å². The van der Waals surface area contributed by atoms with Gasteiger partial charge in [0.1, 0.15) is 12.0 Å². The van der Waals surface area contributed by atoms with Gasteiger partial charge in [-0.15, -0.1) is 0 Å². The summed E-state index contributed by atoms with van der Waals surface area (Å²) in [7, 11) is -3.31. The van der Waals surface area contributed by atoms with Crippen LogP contribution in [0.15, 0.2) is 12.1 Å². The Balaban J connectivity index is 1.67. The van der Waals surface area contributed by atoms with Crippen LogP contribution in [-0.2, 0) is 29.4 Å². The van der Waals surface area contributed by atoms with Crippen molar-refractivity contribution in [3.8, 4) is 0 Å². The fraction of sp³-hybridized carbons (Fsp3) is 0.450. The zero-order valence-electron chi connectivity index (χ0n) is 17.4. The highest BCUT2D eigenvalue weighted by Crippen LogP contribution is 2.36. The molecule has 1 aromatic carbocycles. The van der Waals surface area contributed by atoms with Crippen molar-refractivity contribution < 1.29 is 17.2 Å². The molecule has 1 aliphatic carbocycles. The van der Waals surface area contributed by atoms with Gasteiger partial charge in [0.2, 0.25) is 10.0 Å². The van der Waals surface area contributed by atoms with Gasteiger partial charge in [-0.25, -0.2) is 22.5 Å². The third-order valence-corrected chi connectivity index (χ3v) is 8.00. The highest BCUT2D eigenvalue weighted by Gasteiger charge is 2.24. The fourth-order valence-electron chi connectivity index (χ4n) is 3.91. The number of nitrogen functional groups attached to an aromatic ring is 1. The lowest BCUT2D eigenvalue weighted by molar-refractivity contribution is 0.343. The van der Waals surface area contributed by atoms with Crippen LogP contribution in [0, 0.1) is 9.65 Å². The summed E-state index contributed by atoms with van der Waals surface area (Å²) in [6.07, 6.45) is 0.105. The lowest BCUT2D eigenvalue weighted by Gasteiger charge is -2.12. The molecule has 32 heavy (non-hydrogen) atoms. The Morgan fingerprint density at radius 2 is 2.09 bits per heavy atom. The summed E-state index contributed by atoms with van der Waals surface area (Å²) in [6.45, 7) is 2.13. The lowest BCUT2D eigenvalue weighted by atomic mass is 10.0. The van der Waals surface area contributed by atoms with Gasteiger partial charge in [0.15, 0.2) is 17.0 Å². The number of rotatable bonds is 8. The highest BCUT2D eigenvalue weighted by molar-refractivity contribution is 14.1. The van der Waals surface area contributed by atoms with Crippen LogP contribution in [0.2, 0.25) is 0 Å². The standard InChI is InChI=1S/C20H23F2IN6O2S/c1-2-32(30,31)25-6-3-7-29-16(26-17-18(24)27-20(22)28-19(17)29)10-12-8-13-11(9-15(12)23)4-5-14(13)21/h8-9,14,25H,2-7,10H2,1H3,(H2,24,27,28). The minimum atomic E-state index is -3.31. The summed E-state index contributed by atoms with van der Waals surface area (Å²) in [6, 6.07) is 3.88. The Labute approximate surface area is 198 Å². The van der Waals surface area contributed by atoms with E-state index in [1.54, 1.807) is 11.5 Å². The topological polar surface area (TPSA) is 116 Å². The molecule has 0 saturated heterocycles. The molecule has 3 N–H and O–H groups in total. The summed E-state index contributed by atoms with van der Waals surface area (Å²) in [4.78, 5) is 12.0. The summed E-state index contributed by atoms with van der Waals surface area (Å²) >= 11 is 2.23. The number of hydrogen-bond donors (Lipinski definition) is 2. The first-order valence-corrected chi connectivity index (χ1v) is 13.0. The monoisotopic (exact) mass is 576 g/mol. The number of halogens is 3. The molecule has 1 atom stereocenters. The number of fused-ring (bicyclic) bond motifs is 2. The molecule has 2 heterocycles. The van der Waals surface area contributed by atoms with Crippen molar-refractivity contribution in [2.75, 3.05) is 18.0 Å². The normalized spacial score (nSPS) is 16.1. The predicted molar refractivity (Wildman–Crippen MR) is 126 cm³/mol. The van der Waals surface area contributed by atoms with E-state index < -0.39 is 22.3 Å². The van der Waals surface area contributed by atoms with Crippen LogP contribution in [0.25, 0.3) is 11.2 Å². The lowest BCUT2D eigenvalue weighted by Crippen LogP contribution is -2.27. The smallest absolute Gasteiger partial charge is 0.312 e. The third kappa shape index (κ3) is 4.71. The van der Waals surface area contributed by atoms with Crippen LogP contribution in [0.5, 0.6) is 0 Å². The number of alkyl halides is 1. The Morgan fingerprint density at radius 3 is 2.84 bits per heavy atom. The zero-order chi connectivity index (χ0) is 23.0. The average Bonchev–Trinajstić information content (AvgIpc) is 3.26. The van der Waals surface area contributed by atoms with Gasteiger partial charge in [0, 0.05) is 23.1 Å². The van der Waals surface area contributed by atoms with Crippen molar-refractivity contribution in [3.63, 3.8) is 0 Å². The molecular formula is C20H23F2IN6O2S. The van der Waals surface area contributed by atoms with Gasteiger partial charge >= 0.3 is 6.08 Å². The SMILES string of the molecule is CCS(=O)(=O)NCCCn1c(Cc2cc3c(cc2I)CCC3F)nc2c(N)nc(F)nc21. The molecule has 3 aromatic rings. The summed E-state index contributed by atoms with van der Waals surface area (Å²) in [5.74, 6) is 0.510. The van der Waals surface area contributed by atoms with Crippen molar-refractivity contribution in [2.24, 2.45) is 0 Å². The number of aryl methyl sites for hydroxylation is 2. The van der Waals surface area contributed by atoms with E-state index in [4.69, 9.17) is 5.73 Å². The molecule has 2 aromatic heterocycles. The fourth-order valence-corrected chi connectivity index (χ4v) is 5.29. The predicted octanol–water partition coefficient (Wildman–Crippen LogP) is 3.03. The van der Waals surface area contributed by atoms with E-state index in [1.165, 1.54) is 0 Å². The van der Waals surface area contributed by atoms with Gasteiger partial charge in [0.05, 0.1) is 5.75 Å². The Kier molecular flexibility index (Phi) is 6.63. The first-order valence-electron chi connectivity index (χ1n) is 10.3. The summed E-state index contributed by atoms with van der Waals surface area (Å²) in [5, 5.41) is 0. The maximum atomic E-state index is 14.3. The quantitative estimate of drug-likeness (QED) is 0.242. The second-order valence-electron chi connectivity index (χ2n) is 7.71. The molecule has 8 nitrogen and oxygen atoms in total. The summed E-state index contributed by atoms with van der Waals surface area (Å²) in [5.41, 5.74) is 9.06. The average molecular weight is 576 g/mol. The number of nitrogens with zero attached hydrogens (tertiary/aromatic N) is 4. The molecule has 0 amide bonds. The molecule has 12 heteroatoms. The van der Waals surface area contributed by atoms with E-state index in [0.717, 1.165) is 21.1 Å². The number of nitrogens with two attached hydrogens (primary N) is 1. The maximum Gasteiger partial charge on any atom is 0.312 e. The van der Waals surface area contributed by atoms with Gasteiger partial charge in [-0.3, -0.25) is 0 Å². The van der Waals surface area contributed by atoms with Crippen LogP contribution in [0.1, 0.15) is 48.5 Å². The minimum Gasteiger partial charge on any atom is -0.382 e. The number of sulfonamides is 1. The van der Waals surface area contributed by atoms with Crippen LogP contribution >= 0.6 is 22.6 Å². The zero-order valence-corrected chi connectivity index (χ0v) is 20.4. The van der Waals surface area contributed by atoms with E-state index in [2.05, 4.69) is 42.3 Å². The number of benzene rings is 1. The second kappa shape index (κ2) is 9.14. The van der Waals surface area contributed by atoms with Crippen molar-refractivity contribution in [1.82, 2.24) is 24.2 Å². The van der Waals surface area contributed by atoms with Crippen molar-refractivity contribution in [3.05, 3.63) is 44.3 Å². The Hall–Kier alpha value is -1.93. The second-order valence-corrected chi connectivity index (χ2v) is 11.0.